The molecule has 19 heavy (non-hydrogen) atoms. The van der Waals surface area contributed by atoms with Crippen molar-refractivity contribution in [2.75, 3.05) is 0 Å². The average molecular weight is 325 g/mol. The summed E-state index contributed by atoms with van der Waals surface area (Å²) in [6.07, 6.45) is -0.543. The number of cyclic esters (lactones) is 1. The summed E-state index contributed by atoms with van der Waals surface area (Å²) in [5.74, 6) is -0.539. The van der Waals surface area contributed by atoms with Crippen LogP contribution in [0.15, 0.2) is 28.7 Å². The molecule has 4 heteroatoms. The van der Waals surface area contributed by atoms with Gasteiger partial charge in [-0.1, -0.05) is 28.1 Å². The number of ether oxygens (including phenoxy) is 1. The largest absolute Gasteiger partial charge is 0.456 e. The van der Waals surface area contributed by atoms with Gasteiger partial charge in [0.2, 0.25) is 0 Å². The normalized spacial score (nSPS) is 25.0. The fourth-order valence-corrected chi connectivity index (χ4v) is 2.99. The molecule has 0 radical (unpaired) electrons. The molecule has 0 spiro atoms. The highest BCUT2D eigenvalue weighted by atomic mass is 79.9. The molecule has 0 N–H and O–H groups in total. The summed E-state index contributed by atoms with van der Waals surface area (Å²) in [5.41, 5.74) is -0.985. The predicted octanol–water partition coefficient (Wildman–Crippen LogP) is 3.67. The van der Waals surface area contributed by atoms with E-state index in [9.17, 15) is 9.59 Å². The van der Waals surface area contributed by atoms with Crippen LogP contribution in [0.4, 0.5) is 0 Å². The minimum Gasteiger partial charge on any atom is -0.456 e. The van der Waals surface area contributed by atoms with Gasteiger partial charge in [0, 0.05) is 4.47 Å². The Morgan fingerprint density at radius 3 is 2.37 bits per heavy atom. The van der Waals surface area contributed by atoms with Crippen LogP contribution in [-0.4, -0.2) is 11.8 Å². The average Bonchev–Trinajstić information content (AvgIpc) is 2.32. The lowest BCUT2D eigenvalue weighted by atomic mass is 9.67. The molecular weight excluding hydrogens is 308 g/mol. The Kier molecular flexibility index (Phi) is 3.33. The van der Waals surface area contributed by atoms with E-state index < -0.39 is 22.9 Å². The number of esters is 1. The van der Waals surface area contributed by atoms with Crippen LogP contribution in [0.5, 0.6) is 0 Å². The highest BCUT2D eigenvalue weighted by molar-refractivity contribution is 9.10. The maximum absolute atomic E-state index is 12.5. The number of halogens is 1. The molecule has 102 valence electrons. The number of carbonyl (C=O) groups is 2. The molecule has 1 atom stereocenters. The van der Waals surface area contributed by atoms with Crippen LogP contribution in [0.25, 0.3) is 0 Å². The van der Waals surface area contributed by atoms with E-state index in [0.717, 1.165) is 10.0 Å². The summed E-state index contributed by atoms with van der Waals surface area (Å²) in [4.78, 5) is 24.6. The Bertz CT molecular complexity index is 546. The fraction of sp³-hybridized carbons (Fsp3) is 0.467. The van der Waals surface area contributed by atoms with Crippen molar-refractivity contribution in [1.82, 2.24) is 0 Å². The first kappa shape index (κ1) is 14.3. The van der Waals surface area contributed by atoms with E-state index in [4.69, 9.17) is 4.74 Å². The standard InChI is InChI=1S/C15H17BrO3/c1-14(2)11(9-6-5-7-10(16)8-9)19-13(18)15(3,4)12(14)17/h5-8,11H,1-4H3/t11-/m0/s1. The topological polar surface area (TPSA) is 43.4 Å². The summed E-state index contributed by atoms with van der Waals surface area (Å²) in [5, 5.41) is 0. The van der Waals surface area contributed by atoms with Crippen LogP contribution in [0.2, 0.25) is 0 Å². The lowest BCUT2D eigenvalue weighted by Crippen LogP contribution is -2.52. The van der Waals surface area contributed by atoms with Crippen molar-refractivity contribution in [3.8, 4) is 0 Å². The molecule has 1 heterocycles. The van der Waals surface area contributed by atoms with Crippen LogP contribution in [-0.2, 0) is 14.3 Å². The van der Waals surface area contributed by atoms with Gasteiger partial charge in [-0.15, -0.1) is 0 Å². The fourth-order valence-electron chi connectivity index (χ4n) is 2.57. The lowest BCUT2D eigenvalue weighted by Gasteiger charge is -2.43. The van der Waals surface area contributed by atoms with Gasteiger partial charge in [-0.3, -0.25) is 9.59 Å². The van der Waals surface area contributed by atoms with Crippen molar-refractivity contribution in [2.45, 2.75) is 33.8 Å². The molecule has 1 aliphatic rings. The maximum atomic E-state index is 12.5. The lowest BCUT2D eigenvalue weighted by molar-refractivity contribution is -0.186. The molecule has 0 aliphatic carbocycles. The molecule has 0 bridgehead atoms. The quantitative estimate of drug-likeness (QED) is 0.584. The van der Waals surface area contributed by atoms with Gasteiger partial charge in [-0.05, 0) is 45.4 Å². The maximum Gasteiger partial charge on any atom is 0.319 e. The predicted molar refractivity (Wildman–Crippen MR) is 75.5 cm³/mol. The summed E-state index contributed by atoms with van der Waals surface area (Å²) in [6.45, 7) is 6.90. The second-order valence-corrected chi connectivity index (χ2v) is 6.93. The number of carbonyl (C=O) groups excluding carboxylic acids is 2. The van der Waals surface area contributed by atoms with E-state index in [0.29, 0.717) is 0 Å². The van der Waals surface area contributed by atoms with Gasteiger partial charge in [0.1, 0.15) is 11.5 Å². The summed E-state index contributed by atoms with van der Waals surface area (Å²) >= 11 is 3.39. The van der Waals surface area contributed by atoms with E-state index in [1.54, 1.807) is 13.8 Å². The number of Topliss-reactive ketones (excluding diaryl/α,β-unsaturated/α-hetero) is 1. The molecule has 2 rings (SSSR count). The van der Waals surface area contributed by atoms with Crippen molar-refractivity contribution >= 4 is 27.7 Å². The Hall–Kier alpha value is -1.16. The molecular formula is C15H17BrO3. The van der Waals surface area contributed by atoms with Crippen molar-refractivity contribution in [3.63, 3.8) is 0 Å². The van der Waals surface area contributed by atoms with Crippen LogP contribution in [0.1, 0.15) is 39.4 Å². The molecule has 1 saturated heterocycles. The molecule has 1 fully saturated rings. The van der Waals surface area contributed by atoms with Gasteiger partial charge < -0.3 is 4.74 Å². The number of hydrogen-bond donors (Lipinski definition) is 0. The van der Waals surface area contributed by atoms with Gasteiger partial charge in [0.05, 0.1) is 5.41 Å². The monoisotopic (exact) mass is 324 g/mol. The number of benzene rings is 1. The van der Waals surface area contributed by atoms with E-state index in [1.807, 2.05) is 38.1 Å². The van der Waals surface area contributed by atoms with E-state index in [1.165, 1.54) is 0 Å². The Balaban J connectivity index is 2.48. The van der Waals surface area contributed by atoms with Gasteiger partial charge in [-0.2, -0.15) is 0 Å². The van der Waals surface area contributed by atoms with Crippen molar-refractivity contribution in [3.05, 3.63) is 34.3 Å². The van der Waals surface area contributed by atoms with E-state index in [2.05, 4.69) is 15.9 Å². The van der Waals surface area contributed by atoms with E-state index >= 15 is 0 Å². The third-order valence-corrected chi connectivity index (χ3v) is 4.19. The zero-order chi connectivity index (χ0) is 14.4. The number of rotatable bonds is 1. The molecule has 3 nitrogen and oxygen atoms in total. The third-order valence-electron chi connectivity index (χ3n) is 3.69. The van der Waals surface area contributed by atoms with Crippen LogP contribution in [0, 0.1) is 10.8 Å². The van der Waals surface area contributed by atoms with Crippen molar-refractivity contribution in [1.29, 1.82) is 0 Å². The number of ketones is 1. The molecule has 1 aromatic rings. The zero-order valence-electron chi connectivity index (χ0n) is 11.5. The summed E-state index contributed by atoms with van der Waals surface area (Å²) in [7, 11) is 0. The van der Waals surface area contributed by atoms with Crippen LogP contribution in [0.3, 0.4) is 0 Å². The zero-order valence-corrected chi connectivity index (χ0v) is 13.1. The Morgan fingerprint density at radius 2 is 1.79 bits per heavy atom. The Labute approximate surface area is 121 Å². The van der Waals surface area contributed by atoms with Gasteiger partial charge in [0.15, 0.2) is 5.78 Å². The summed E-state index contributed by atoms with van der Waals surface area (Å²) < 4.78 is 6.45. The van der Waals surface area contributed by atoms with Crippen molar-refractivity contribution in [2.24, 2.45) is 10.8 Å². The molecule has 1 aromatic carbocycles. The second-order valence-electron chi connectivity index (χ2n) is 6.02. The van der Waals surface area contributed by atoms with Gasteiger partial charge >= 0.3 is 5.97 Å². The molecule has 0 amide bonds. The molecule has 1 aliphatic heterocycles. The van der Waals surface area contributed by atoms with Crippen molar-refractivity contribution < 1.29 is 14.3 Å². The molecule has 0 aromatic heterocycles. The second kappa shape index (κ2) is 4.44. The number of hydrogen-bond acceptors (Lipinski definition) is 3. The molecule has 0 saturated carbocycles. The molecule has 0 unspecified atom stereocenters. The summed E-state index contributed by atoms with van der Waals surface area (Å²) in [6, 6.07) is 7.52. The van der Waals surface area contributed by atoms with Crippen LogP contribution < -0.4 is 0 Å². The highest BCUT2D eigenvalue weighted by Gasteiger charge is 2.55. The van der Waals surface area contributed by atoms with Gasteiger partial charge in [-0.25, -0.2) is 0 Å². The Morgan fingerprint density at radius 1 is 1.16 bits per heavy atom. The third kappa shape index (κ3) is 2.22. The SMILES string of the molecule is CC1(C)C(=O)O[C@@H](c2cccc(Br)c2)C(C)(C)C1=O. The smallest absolute Gasteiger partial charge is 0.319 e. The first-order valence-electron chi connectivity index (χ1n) is 6.19. The van der Waals surface area contributed by atoms with Crippen LogP contribution >= 0.6 is 15.9 Å². The van der Waals surface area contributed by atoms with E-state index in [-0.39, 0.29) is 5.78 Å². The first-order valence-corrected chi connectivity index (χ1v) is 6.98. The minimum absolute atomic E-state index is 0.0822. The minimum atomic E-state index is -1.08. The van der Waals surface area contributed by atoms with Gasteiger partial charge in [0.25, 0.3) is 0 Å². The first-order chi connectivity index (χ1) is 8.67. The highest BCUT2D eigenvalue weighted by Crippen LogP contribution is 2.47.